The fourth-order valence-electron chi connectivity index (χ4n) is 3.19. The molecule has 11 heteroatoms. The van der Waals surface area contributed by atoms with Crippen molar-refractivity contribution in [2.45, 2.75) is 17.7 Å². The molecule has 3 rings (SSSR count). The van der Waals surface area contributed by atoms with Gasteiger partial charge >= 0.3 is 5.97 Å². The number of piperidine rings is 1. The Morgan fingerprint density at radius 3 is 2.32 bits per heavy atom. The Balaban J connectivity index is 1.61. The number of sulfonamides is 1. The molecule has 0 bridgehead atoms. The molecule has 31 heavy (non-hydrogen) atoms. The number of rotatable bonds is 6. The number of nitrogens with zero attached hydrogens (tertiary/aromatic N) is 2. The van der Waals surface area contributed by atoms with Crippen LogP contribution in [0.2, 0.25) is 10.0 Å². The molecule has 1 aliphatic rings. The van der Waals surface area contributed by atoms with Crippen molar-refractivity contribution in [2.24, 2.45) is 16.8 Å². The van der Waals surface area contributed by atoms with Gasteiger partial charge in [0.25, 0.3) is 0 Å². The van der Waals surface area contributed by atoms with Crippen molar-refractivity contribution in [3.63, 3.8) is 0 Å². The van der Waals surface area contributed by atoms with E-state index in [2.05, 4.69) is 5.16 Å². The molecule has 1 saturated heterocycles. The first-order valence-electron chi connectivity index (χ1n) is 9.36. The standard InChI is InChI=1S/C20H21Cl2N3O5S/c1-29-18-7-4-15(22)12-17(18)19(23)24-30-20(26)13-8-10-25(11-9-13)31(27,28)16-5-2-14(21)3-6-16/h2-7,12-13H,8-11H2,1H3,(H2,23,24). The zero-order valence-corrected chi connectivity index (χ0v) is 19.0. The van der Waals surface area contributed by atoms with Crippen LogP contribution in [0, 0.1) is 5.92 Å². The largest absolute Gasteiger partial charge is 0.496 e. The second-order valence-electron chi connectivity index (χ2n) is 6.86. The maximum absolute atomic E-state index is 12.7. The minimum atomic E-state index is -3.65. The van der Waals surface area contributed by atoms with Gasteiger partial charge in [-0.1, -0.05) is 28.4 Å². The molecule has 0 amide bonds. The van der Waals surface area contributed by atoms with Crippen LogP contribution in [0.5, 0.6) is 5.75 Å². The minimum Gasteiger partial charge on any atom is -0.496 e. The molecule has 0 aromatic heterocycles. The molecule has 0 unspecified atom stereocenters. The van der Waals surface area contributed by atoms with Gasteiger partial charge in [-0.2, -0.15) is 4.31 Å². The van der Waals surface area contributed by atoms with Gasteiger partial charge in [-0.15, -0.1) is 0 Å². The fourth-order valence-corrected chi connectivity index (χ4v) is 4.95. The minimum absolute atomic E-state index is 0.0598. The van der Waals surface area contributed by atoms with Gasteiger partial charge in [0, 0.05) is 23.1 Å². The fraction of sp³-hybridized carbons (Fsp3) is 0.300. The zero-order valence-electron chi connectivity index (χ0n) is 16.6. The summed E-state index contributed by atoms with van der Waals surface area (Å²) in [5.41, 5.74) is 6.30. The summed E-state index contributed by atoms with van der Waals surface area (Å²) in [7, 11) is -2.18. The number of nitrogens with two attached hydrogens (primary N) is 1. The van der Waals surface area contributed by atoms with Crippen molar-refractivity contribution < 1.29 is 22.8 Å². The van der Waals surface area contributed by atoms with Crippen LogP contribution in [0.3, 0.4) is 0 Å². The number of carbonyl (C=O) groups excluding carboxylic acids is 1. The summed E-state index contributed by atoms with van der Waals surface area (Å²) in [4.78, 5) is 17.6. The van der Waals surface area contributed by atoms with Crippen LogP contribution in [-0.2, 0) is 19.7 Å². The topological polar surface area (TPSA) is 111 Å². The summed E-state index contributed by atoms with van der Waals surface area (Å²) in [6.07, 6.45) is 0.614. The van der Waals surface area contributed by atoms with Crippen LogP contribution in [0.4, 0.5) is 0 Å². The van der Waals surface area contributed by atoms with Gasteiger partial charge in [-0.25, -0.2) is 13.2 Å². The summed E-state index contributed by atoms with van der Waals surface area (Å²) in [5, 5.41) is 4.58. The molecule has 1 heterocycles. The Labute approximate surface area is 190 Å². The number of halogens is 2. The third kappa shape index (κ3) is 5.48. The molecule has 1 fully saturated rings. The molecule has 0 saturated carbocycles. The average molecular weight is 486 g/mol. The number of benzene rings is 2. The maximum Gasteiger partial charge on any atom is 0.338 e. The summed E-state index contributed by atoms with van der Waals surface area (Å²) in [6.45, 7) is 0.373. The van der Waals surface area contributed by atoms with E-state index < -0.39 is 21.9 Å². The highest BCUT2D eigenvalue weighted by molar-refractivity contribution is 7.89. The SMILES string of the molecule is COc1ccc(Cl)cc1/C(N)=N/OC(=O)C1CCN(S(=O)(=O)c2ccc(Cl)cc2)CC1. The number of hydrogen-bond acceptors (Lipinski definition) is 6. The predicted octanol–water partition coefficient (Wildman–Crippen LogP) is 3.27. The number of oxime groups is 1. The Morgan fingerprint density at radius 1 is 1.10 bits per heavy atom. The van der Waals surface area contributed by atoms with Crippen molar-refractivity contribution in [1.29, 1.82) is 0 Å². The molecular formula is C20H21Cl2N3O5S. The van der Waals surface area contributed by atoms with Crippen molar-refractivity contribution >= 4 is 45.0 Å². The van der Waals surface area contributed by atoms with E-state index in [1.807, 2.05) is 0 Å². The predicted molar refractivity (Wildman–Crippen MR) is 118 cm³/mol. The Bertz CT molecular complexity index is 1080. The molecule has 0 aliphatic carbocycles. The number of ether oxygens (including phenoxy) is 1. The first kappa shape index (κ1) is 23.3. The third-order valence-corrected chi connectivity index (χ3v) is 7.31. The van der Waals surface area contributed by atoms with E-state index >= 15 is 0 Å². The number of carbonyl (C=O) groups is 1. The molecule has 2 aromatic rings. The monoisotopic (exact) mass is 485 g/mol. The lowest BCUT2D eigenvalue weighted by Crippen LogP contribution is -2.40. The Hall–Kier alpha value is -2.33. The normalized spacial score (nSPS) is 16.2. The van der Waals surface area contributed by atoms with E-state index in [0.29, 0.717) is 34.2 Å². The molecule has 0 spiro atoms. The maximum atomic E-state index is 12.7. The van der Waals surface area contributed by atoms with E-state index in [1.165, 1.54) is 35.7 Å². The van der Waals surface area contributed by atoms with Crippen molar-refractivity contribution in [2.75, 3.05) is 20.2 Å². The van der Waals surface area contributed by atoms with Gasteiger partial charge in [-0.05, 0) is 55.3 Å². The van der Waals surface area contributed by atoms with Gasteiger partial charge in [0.15, 0.2) is 5.84 Å². The van der Waals surface area contributed by atoms with Crippen LogP contribution < -0.4 is 10.5 Å². The van der Waals surface area contributed by atoms with Gasteiger partial charge in [-0.3, -0.25) is 0 Å². The van der Waals surface area contributed by atoms with Crippen LogP contribution in [0.15, 0.2) is 52.5 Å². The van der Waals surface area contributed by atoms with Gasteiger partial charge in [0.2, 0.25) is 10.0 Å². The molecule has 0 radical (unpaired) electrons. The first-order valence-corrected chi connectivity index (χ1v) is 11.6. The highest BCUT2D eigenvalue weighted by Crippen LogP contribution is 2.26. The van der Waals surface area contributed by atoms with E-state index in [1.54, 1.807) is 18.2 Å². The smallest absolute Gasteiger partial charge is 0.338 e. The number of hydrogen-bond donors (Lipinski definition) is 1. The molecule has 2 aromatic carbocycles. The van der Waals surface area contributed by atoms with Crippen LogP contribution >= 0.6 is 23.2 Å². The number of methoxy groups -OCH3 is 1. The summed E-state index contributed by atoms with van der Waals surface area (Å²) in [5.74, 6) is -0.695. The number of amidine groups is 1. The molecule has 1 aliphatic heterocycles. The van der Waals surface area contributed by atoms with E-state index in [-0.39, 0.29) is 23.8 Å². The van der Waals surface area contributed by atoms with E-state index in [0.717, 1.165) is 0 Å². The highest BCUT2D eigenvalue weighted by atomic mass is 35.5. The van der Waals surface area contributed by atoms with Crippen LogP contribution in [0.25, 0.3) is 0 Å². The molecule has 0 atom stereocenters. The lowest BCUT2D eigenvalue weighted by Gasteiger charge is -2.29. The Kier molecular flexibility index (Phi) is 7.42. The molecule has 8 nitrogen and oxygen atoms in total. The van der Waals surface area contributed by atoms with Gasteiger partial charge in [0.05, 0.1) is 23.5 Å². The zero-order chi connectivity index (χ0) is 22.6. The van der Waals surface area contributed by atoms with Crippen LogP contribution in [0.1, 0.15) is 18.4 Å². The van der Waals surface area contributed by atoms with Gasteiger partial charge < -0.3 is 15.3 Å². The molecule has 166 valence electrons. The summed E-state index contributed by atoms with van der Waals surface area (Å²) in [6, 6.07) is 10.8. The van der Waals surface area contributed by atoms with Crippen molar-refractivity contribution in [3.05, 3.63) is 58.1 Å². The lowest BCUT2D eigenvalue weighted by molar-refractivity contribution is -0.149. The van der Waals surface area contributed by atoms with Crippen molar-refractivity contribution in [1.82, 2.24) is 4.31 Å². The highest BCUT2D eigenvalue weighted by Gasteiger charge is 2.33. The van der Waals surface area contributed by atoms with Crippen molar-refractivity contribution in [3.8, 4) is 5.75 Å². The first-order chi connectivity index (χ1) is 14.7. The van der Waals surface area contributed by atoms with E-state index in [4.69, 9.17) is 38.5 Å². The Morgan fingerprint density at radius 2 is 1.71 bits per heavy atom. The molecular weight excluding hydrogens is 465 g/mol. The second-order valence-corrected chi connectivity index (χ2v) is 9.67. The average Bonchev–Trinajstić information content (AvgIpc) is 2.77. The third-order valence-electron chi connectivity index (χ3n) is 4.91. The second kappa shape index (κ2) is 9.86. The summed E-state index contributed by atoms with van der Waals surface area (Å²) >= 11 is 11.8. The lowest BCUT2D eigenvalue weighted by atomic mass is 9.99. The molecule has 2 N–H and O–H groups in total. The quantitative estimate of drug-likeness (QED) is 0.290. The summed E-state index contributed by atoms with van der Waals surface area (Å²) < 4.78 is 32.0. The van der Waals surface area contributed by atoms with Gasteiger partial charge in [0.1, 0.15) is 5.75 Å². The van der Waals surface area contributed by atoms with Crippen LogP contribution in [-0.4, -0.2) is 44.7 Å². The van der Waals surface area contributed by atoms with E-state index in [9.17, 15) is 13.2 Å².